The van der Waals surface area contributed by atoms with Gasteiger partial charge < -0.3 is 20.1 Å². The van der Waals surface area contributed by atoms with Crippen molar-refractivity contribution in [2.45, 2.75) is 58.6 Å². The summed E-state index contributed by atoms with van der Waals surface area (Å²) < 4.78 is 11.9. The summed E-state index contributed by atoms with van der Waals surface area (Å²) in [6, 6.07) is 14.2. The van der Waals surface area contributed by atoms with Gasteiger partial charge in [-0.05, 0) is 106 Å². The molecule has 0 aliphatic heterocycles. The number of nitrogens with one attached hydrogen (secondary N) is 2. The molecule has 0 spiro atoms. The van der Waals surface area contributed by atoms with E-state index in [0.29, 0.717) is 17.8 Å². The molecule has 3 rings (SSSR count). The Kier molecular flexibility index (Phi) is 7.15. The fourth-order valence-electron chi connectivity index (χ4n) is 3.27. The van der Waals surface area contributed by atoms with Gasteiger partial charge >= 0.3 is 0 Å². The van der Waals surface area contributed by atoms with Crippen molar-refractivity contribution in [1.29, 1.82) is 0 Å². The van der Waals surface area contributed by atoms with E-state index in [-0.39, 0.29) is 6.04 Å². The van der Waals surface area contributed by atoms with Gasteiger partial charge in [-0.2, -0.15) is 0 Å². The summed E-state index contributed by atoms with van der Waals surface area (Å²) in [4.78, 5) is 0. The Morgan fingerprint density at radius 3 is 2.39 bits per heavy atom. The molecule has 2 N–H and O–H groups in total. The monoisotopic (exact) mass is 398 g/mol. The zero-order valence-corrected chi connectivity index (χ0v) is 17.8. The third-order valence-electron chi connectivity index (χ3n) is 5.07. The van der Waals surface area contributed by atoms with Crippen molar-refractivity contribution in [3.8, 4) is 11.5 Å². The van der Waals surface area contributed by atoms with Crippen LogP contribution in [-0.2, 0) is 0 Å². The predicted octanol–water partition coefficient (Wildman–Crippen LogP) is 5.38. The highest BCUT2D eigenvalue weighted by Gasteiger charge is 2.16. The normalized spacial score (nSPS) is 15.1. The summed E-state index contributed by atoms with van der Waals surface area (Å²) in [5, 5.41) is 7.06. The van der Waals surface area contributed by atoms with Gasteiger partial charge in [-0.1, -0.05) is 6.07 Å². The van der Waals surface area contributed by atoms with Crippen LogP contribution in [0.5, 0.6) is 11.5 Å². The van der Waals surface area contributed by atoms with Crippen LogP contribution in [0, 0.1) is 13.8 Å². The summed E-state index contributed by atoms with van der Waals surface area (Å²) in [5.74, 6) is 1.81. The van der Waals surface area contributed by atoms with Gasteiger partial charge in [-0.25, -0.2) is 0 Å². The lowest BCUT2D eigenvalue weighted by Crippen LogP contribution is -2.39. The summed E-state index contributed by atoms with van der Waals surface area (Å²) in [6.45, 7) is 6.78. The number of thiocarbonyl (C=S) groups is 1. The van der Waals surface area contributed by atoms with Gasteiger partial charge in [0, 0.05) is 5.69 Å². The molecule has 5 heteroatoms. The molecule has 1 aliphatic rings. The number of rotatable bonds is 7. The molecular weight excluding hydrogens is 368 g/mol. The molecule has 0 saturated heterocycles. The van der Waals surface area contributed by atoms with Crippen molar-refractivity contribution in [3.63, 3.8) is 0 Å². The van der Waals surface area contributed by atoms with Crippen LogP contribution in [0.2, 0.25) is 0 Å². The van der Waals surface area contributed by atoms with Gasteiger partial charge in [0.1, 0.15) is 18.1 Å². The van der Waals surface area contributed by atoms with Crippen molar-refractivity contribution in [1.82, 2.24) is 5.32 Å². The molecule has 1 saturated carbocycles. The summed E-state index contributed by atoms with van der Waals surface area (Å²) >= 11 is 5.42. The lowest BCUT2D eigenvalue weighted by Gasteiger charge is -2.18. The molecule has 0 heterocycles. The topological polar surface area (TPSA) is 42.5 Å². The van der Waals surface area contributed by atoms with Crippen LogP contribution in [0.15, 0.2) is 42.5 Å². The molecule has 0 bridgehead atoms. The second kappa shape index (κ2) is 9.78. The van der Waals surface area contributed by atoms with E-state index in [1.807, 2.05) is 37.3 Å². The van der Waals surface area contributed by atoms with Crippen LogP contribution in [0.1, 0.15) is 43.7 Å². The Bertz CT molecular complexity index is 786. The number of anilines is 1. The van der Waals surface area contributed by atoms with E-state index in [4.69, 9.17) is 21.7 Å². The Hall–Kier alpha value is -2.27. The quantitative estimate of drug-likeness (QED) is 0.613. The minimum Gasteiger partial charge on any atom is -0.491 e. The zero-order chi connectivity index (χ0) is 19.9. The molecule has 1 fully saturated rings. The van der Waals surface area contributed by atoms with E-state index in [9.17, 15) is 0 Å². The molecule has 1 atom stereocenters. The minimum atomic E-state index is 0.0894. The van der Waals surface area contributed by atoms with E-state index in [1.54, 1.807) is 0 Å². The van der Waals surface area contributed by atoms with Crippen molar-refractivity contribution < 1.29 is 9.47 Å². The number of aryl methyl sites for hydroxylation is 2. The van der Waals surface area contributed by atoms with Gasteiger partial charge in [-0.15, -0.1) is 0 Å². The second-order valence-electron chi connectivity index (χ2n) is 7.61. The lowest BCUT2D eigenvalue weighted by molar-refractivity contribution is 0.210. The molecule has 0 aromatic heterocycles. The smallest absolute Gasteiger partial charge is 0.171 e. The first-order valence-corrected chi connectivity index (χ1v) is 10.4. The van der Waals surface area contributed by atoms with E-state index < -0.39 is 0 Å². The molecule has 28 heavy (non-hydrogen) atoms. The van der Waals surface area contributed by atoms with Crippen molar-refractivity contribution in [2.75, 3.05) is 11.9 Å². The summed E-state index contributed by atoms with van der Waals surface area (Å²) in [6.07, 6.45) is 5.25. The van der Waals surface area contributed by atoms with Crippen LogP contribution in [0.25, 0.3) is 0 Å². The maximum atomic E-state index is 6.00. The SMILES string of the molecule is Cc1ccc(OC[C@@H](C)NC(=S)Nc2ccc(OC3CCCC3)cc2)cc1C. The lowest BCUT2D eigenvalue weighted by atomic mass is 10.1. The molecule has 2 aromatic rings. The van der Waals surface area contributed by atoms with Crippen molar-refractivity contribution in [2.24, 2.45) is 0 Å². The zero-order valence-electron chi connectivity index (χ0n) is 17.0. The highest BCUT2D eigenvalue weighted by atomic mass is 32.1. The molecular formula is C23H30N2O2S. The van der Waals surface area contributed by atoms with Crippen LogP contribution in [0.4, 0.5) is 5.69 Å². The number of ether oxygens (including phenoxy) is 2. The van der Waals surface area contributed by atoms with Crippen molar-refractivity contribution in [3.05, 3.63) is 53.6 Å². The van der Waals surface area contributed by atoms with E-state index in [1.165, 1.54) is 24.0 Å². The van der Waals surface area contributed by atoms with Gasteiger partial charge in [0.15, 0.2) is 5.11 Å². The van der Waals surface area contributed by atoms with E-state index in [0.717, 1.165) is 30.0 Å². The van der Waals surface area contributed by atoms with Gasteiger partial charge in [0.25, 0.3) is 0 Å². The molecule has 150 valence electrons. The van der Waals surface area contributed by atoms with Gasteiger partial charge in [-0.3, -0.25) is 0 Å². The van der Waals surface area contributed by atoms with Crippen LogP contribution < -0.4 is 20.1 Å². The van der Waals surface area contributed by atoms with E-state index >= 15 is 0 Å². The van der Waals surface area contributed by atoms with Crippen molar-refractivity contribution >= 4 is 23.0 Å². The molecule has 2 aromatic carbocycles. The first kappa shape index (κ1) is 20.5. The highest BCUT2D eigenvalue weighted by Crippen LogP contribution is 2.25. The molecule has 0 radical (unpaired) electrons. The maximum absolute atomic E-state index is 6.00. The summed E-state index contributed by atoms with van der Waals surface area (Å²) in [5.41, 5.74) is 3.44. The number of benzene rings is 2. The summed E-state index contributed by atoms with van der Waals surface area (Å²) in [7, 11) is 0. The Labute approximate surface area is 173 Å². The van der Waals surface area contributed by atoms with Gasteiger partial charge in [0.05, 0.1) is 12.1 Å². The van der Waals surface area contributed by atoms with E-state index in [2.05, 4.69) is 36.6 Å². The molecule has 1 aliphatic carbocycles. The average Bonchev–Trinajstić information content (AvgIpc) is 3.17. The Morgan fingerprint density at radius 2 is 1.71 bits per heavy atom. The fourth-order valence-corrected chi connectivity index (χ4v) is 3.59. The number of hydrogen-bond acceptors (Lipinski definition) is 3. The van der Waals surface area contributed by atoms with Crippen LogP contribution in [-0.4, -0.2) is 23.9 Å². The largest absolute Gasteiger partial charge is 0.491 e. The molecule has 0 amide bonds. The third kappa shape index (κ3) is 6.13. The first-order chi connectivity index (χ1) is 13.5. The molecule has 0 unspecified atom stereocenters. The second-order valence-corrected chi connectivity index (χ2v) is 8.01. The Balaban J connectivity index is 1.41. The first-order valence-electron chi connectivity index (χ1n) is 10.0. The standard InChI is InChI=1S/C23H30N2O2S/c1-16-8-11-22(14-17(16)2)26-15-18(3)24-23(28)25-19-9-12-21(13-10-19)27-20-6-4-5-7-20/h8-14,18,20H,4-7,15H2,1-3H3,(H2,24,25,28)/t18-/m1/s1. The van der Waals surface area contributed by atoms with Crippen LogP contribution in [0.3, 0.4) is 0 Å². The van der Waals surface area contributed by atoms with Crippen LogP contribution >= 0.6 is 12.2 Å². The highest BCUT2D eigenvalue weighted by molar-refractivity contribution is 7.80. The molecule has 4 nitrogen and oxygen atoms in total. The maximum Gasteiger partial charge on any atom is 0.171 e. The fraction of sp³-hybridized carbons (Fsp3) is 0.435. The predicted molar refractivity (Wildman–Crippen MR) is 120 cm³/mol. The third-order valence-corrected chi connectivity index (χ3v) is 5.29. The number of hydrogen-bond donors (Lipinski definition) is 2. The minimum absolute atomic E-state index is 0.0894. The average molecular weight is 399 g/mol. The van der Waals surface area contributed by atoms with Gasteiger partial charge in [0.2, 0.25) is 0 Å². The Morgan fingerprint density at radius 1 is 1.04 bits per heavy atom.